The van der Waals surface area contributed by atoms with E-state index in [1.54, 1.807) is 48.9 Å². The summed E-state index contributed by atoms with van der Waals surface area (Å²) >= 11 is 0. The number of nitrogens with zero attached hydrogens (tertiary/aromatic N) is 4. The van der Waals surface area contributed by atoms with Crippen molar-refractivity contribution < 1.29 is 9.13 Å². The topological polar surface area (TPSA) is 115 Å². The van der Waals surface area contributed by atoms with E-state index in [1.165, 1.54) is 6.07 Å². The largest absolute Gasteiger partial charge is 0.454 e. The van der Waals surface area contributed by atoms with Crippen LogP contribution in [0.3, 0.4) is 0 Å². The molecule has 0 fully saturated rings. The lowest BCUT2D eigenvalue weighted by Crippen LogP contribution is -2.02. The molecule has 0 aliphatic carbocycles. The van der Waals surface area contributed by atoms with Gasteiger partial charge in [0.05, 0.1) is 17.4 Å². The van der Waals surface area contributed by atoms with Gasteiger partial charge in [-0.3, -0.25) is 10.1 Å². The first-order chi connectivity index (χ1) is 15.1. The molecule has 0 aliphatic heterocycles. The third-order valence-electron chi connectivity index (χ3n) is 4.57. The summed E-state index contributed by atoms with van der Waals surface area (Å²) in [5.74, 6) is 0.626. The van der Waals surface area contributed by atoms with Crippen LogP contribution >= 0.6 is 0 Å². The minimum absolute atomic E-state index is 0.101. The van der Waals surface area contributed by atoms with Crippen LogP contribution in [0.5, 0.6) is 11.5 Å². The molecule has 0 atom stereocenters. The van der Waals surface area contributed by atoms with Crippen molar-refractivity contribution in [3.05, 3.63) is 79.0 Å². The fourth-order valence-corrected chi connectivity index (χ4v) is 3.12. The van der Waals surface area contributed by atoms with Crippen molar-refractivity contribution in [2.24, 2.45) is 0 Å². The number of benzene rings is 2. The Bertz CT molecular complexity index is 1370. The second kappa shape index (κ2) is 7.71. The third kappa shape index (κ3) is 3.97. The maximum absolute atomic E-state index is 14.7. The van der Waals surface area contributed by atoms with Gasteiger partial charge in [0.2, 0.25) is 5.95 Å². The molecule has 152 valence electrons. The minimum atomic E-state index is -0.522. The number of nitrogen functional groups attached to an aromatic ring is 1. The SMILES string of the molecule is Nc1nc(Nc2ccc(Oc3ccc4cn[nH]c4c3)c(F)c2)cc(-c2ccncc2)n1. The Morgan fingerprint density at radius 1 is 0.968 bits per heavy atom. The number of nitrogens with one attached hydrogen (secondary N) is 2. The number of aromatic nitrogens is 5. The first-order valence-electron chi connectivity index (χ1n) is 9.36. The number of fused-ring (bicyclic) bond motifs is 1. The number of hydrogen-bond acceptors (Lipinski definition) is 7. The van der Waals surface area contributed by atoms with E-state index in [9.17, 15) is 4.39 Å². The second-order valence-corrected chi connectivity index (χ2v) is 6.72. The molecule has 0 saturated heterocycles. The van der Waals surface area contributed by atoms with Crippen LogP contribution in [0.25, 0.3) is 22.2 Å². The lowest BCUT2D eigenvalue weighted by atomic mass is 10.2. The lowest BCUT2D eigenvalue weighted by Gasteiger charge is -2.11. The third-order valence-corrected chi connectivity index (χ3v) is 4.57. The standard InChI is InChI=1S/C22H16FN7O/c23-17-9-15(2-4-20(17)31-16-3-1-14-12-26-30-19(14)10-16)27-21-11-18(28-22(24)29-21)13-5-7-25-8-6-13/h1-12H,(H,26,30)(H3,24,27,28,29). The molecule has 4 N–H and O–H groups in total. The lowest BCUT2D eigenvalue weighted by molar-refractivity contribution is 0.443. The highest BCUT2D eigenvalue weighted by Crippen LogP contribution is 2.30. The summed E-state index contributed by atoms with van der Waals surface area (Å²) in [6.45, 7) is 0. The Morgan fingerprint density at radius 2 is 1.84 bits per heavy atom. The average molecular weight is 413 g/mol. The van der Waals surface area contributed by atoms with E-state index in [0.29, 0.717) is 22.9 Å². The molecule has 0 saturated carbocycles. The van der Waals surface area contributed by atoms with Crippen LogP contribution in [0.15, 0.2) is 73.2 Å². The van der Waals surface area contributed by atoms with Crippen molar-refractivity contribution in [3.8, 4) is 22.8 Å². The number of aromatic amines is 1. The predicted octanol–water partition coefficient (Wildman–Crippen LogP) is 4.67. The maximum Gasteiger partial charge on any atom is 0.222 e. The zero-order chi connectivity index (χ0) is 21.2. The Morgan fingerprint density at radius 3 is 2.68 bits per heavy atom. The van der Waals surface area contributed by atoms with E-state index in [1.807, 2.05) is 18.2 Å². The van der Waals surface area contributed by atoms with Crippen molar-refractivity contribution >= 4 is 28.4 Å². The van der Waals surface area contributed by atoms with Gasteiger partial charge in [0.1, 0.15) is 11.6 Å². The monoisotopic (exact) mass is 413 g/mol. The molecule has 0 unspecified atom stereocenters. The van der Waals surface area contributed by atoms with Crippen LogP contribution in [-0.4, -0.2) is 25.1 Å². The summed E-state index contributed by atoms with van der Waals surface area (Å²) < 4.78 is 20.4. The van der Waals surface area contributed by atoms with Gasteiger partial charge >= 0.3 is 0 Å². The molecule has 0 bridgehead atoms. The van der Waals surface area contributed by atoms with Crippen LogP contribution in [0, 0.1) is 5.82 Å². The molecule has 5 aromatic rings. The molecule has 8 nitrogen and oxygen atoms in total. The van der Waals surface area contributed by atoms with Crippen LogP contribution in [0.1, 0.15) is 0 Å². The van der Waals surface area contributed by atoms with Gasteiger partial charge in [0.15, 0.2) is 11.6 Å². The molecule has 0 amide bonds. The van der Waals surface area contributed by atoms with Crippen molar-refractivity contribution in [1.82, 2.24) is 25.1 Å². The number of anilines is 3. The van der Waals surface area contributed by atoms with Gasteiger partial charge in [0.25, 0.3) is 0 Å². The fraction of sp³-hybridized carbons (Fsp3) is 0. The first kappa shape index (κ1) is 18.5. The highest BCUT2D eigenvalue weighted by Gasteiger charge is 2.10. The maximum atomic E-state index is 14.7. The fourth-order valence-electron chi connectivity index (χ4n) is 3.12. The Hall–Kier alpha value is -4.53. The molecular formula is C22H16FN7O. The molecule has 0 aliphatic rings. The van der Waals surface area contributed by atoms with Gasteiger partial charge in [-0.25, -0.2) is 9.37 Å². The van der Waals surface area contributed by atoms with Crippen molar-refractivity contribution in [1.29, 1.82) is 0 Å². The molecule has 2 aromatic carbocycles. The van der Waals surface area contributed by atoms with Gasteiger partial charge in [-0.15, -0.1) is 0 Å². The van der Waals surface area contributed by atoms with Gasteiger partial charge < -0.3 is 15.8 Å². The molecular weight excluding hydrogens is 397 g/mol. The minimum Gasteiger partial charge on any atom is -0.454 e. The summed E-state index contributed by atoms with van der Waals surface area (Å²) in [7, 11) is 0. The van der Waals surface area contributed by atoms with Crippen molar-refractivity contribution in [2.45, 2.75) is 0 Å². The van der Waals surface area contributed by atoms with E-state index in [4.69, 9.17) is 10.5 Å². The Labute approximate surface area is 176 Å². The van der Waals surface area contributed by atoms with Gasteiger partial charge in [-0.05, 0) is 36.4 Å². The zero-order valence-corrected chi connectivity index (χ0v) is 16.1. The van der Waals surface area contributed by atoms with Crippen molar-refractivity contribution in [3.63, 3.8) is 0 Å². The zero-order valence-electron chi connectivity index (χ0n) is 16.1. The van der Waals surface area contributed by atoms with E-state index in [0.717, 1.165) is 16.5 Å². The summed E-state index contributed by atoms with van der Waals surface area (Å²) in [5.41, 5.74) is 8.62. The average Bonchev–Trinajstić information content (AvgIpc) is 3.24. The van der Waals surface area contributed by atoms with Gasteiger partial charge in [0, 0.05) is 47.2 Å². The van der Waals surface area contributed by atoms with Gasteiger partial charge in [-0.1, -0.05) is 0 Å². The van der Waals surface area contributed by atoms with E-state index in [2.05, 4.69) is 30.5 Å². The van der Waals surface area contributed by atoms with Crippen molar-refractivity contribution in [2.75, 3.05) is 11.1 Å². The first-order valence-corrected chi connectivity index (χ1v) is 9.36. The molecule has 31 heavy (non-hydrogen) atoms. The number of pyridine rings is 1. The predicted molar refractivity (Wildman–Crippen MR) is 116 cm³/mol. The molecule has 3 aromatic heterocycles. The quantitative estimate of drug-likeness (QED) is 0.383. The summed E-state index contributed by atoms with van der Waals surface area (Å²) in [6, 6.07) is 15.3. The van der Waals surface area contributed by atoms with E-state index >= 15 is 0 Å². The highest BCUT2D eigenvalue weighted by molar-refractivity contribution is 5.79. The summed E-state index contributed by atoms with van der Waals surface area (Å²) in [5, 5.41) is 10.8. The Balaban J connectivity index is 1.37. The van der Waals surface area contributed by atoms with E-state index < -0.39 is 5.82 Å². The highest BCUT2D eigenvalue weighted by atomic mass is 19.1. The van der Waals surface area contributed by atoms with E-state index in [-0.39, 0.29) is 11.7 Å². The number of halogens is 1. The Kier molecular flexibility index (Phi) is 4.60. The number of nitrogens with two attached hydrogens (primary N) is 1. The normalized spacial score (nSPS) is 10.9. The smallest absolute Gasteiger partial charge is 0.222 e. The number of ether oxygens (including phenoxy) is 1. The summed E-state index contributed by atoms with van der Waals surface area (Å²) in [6.07, 6.45) is 5.04. The molecule has 9 heteroatoms. The molecule has 0 spiro atoms. The second-order valence-electron chi connectivity index (χ2n) is 6.72. The van der Waals surface area contributed by atoms with Gasteiger partial charge in [-0.2, -0.15) is 10.1 Å². The van der Waals surface area contributed by atoms with Crippen LogP contribution < -0.4 is 15.8 Å². The van der Waals surface area contributed by atoms with Crippen LogP contribution in [0.2, 0.25) is 0 Å². The number of H-pyrrole nitrogens is 1. The van der Waals surface area contributed by atoms with Crippen LogP contribution in [-0.2, 0) is 0 Å². The number of rotatable bonds is 5. The molecule has 3 heterocycles. The van der Waals surface area contributed by atoms with Crippen LogP contribution in [0.4, 0.5) is 21.8 Å². The molecule has 5 rings (SSSR count). The molecule has 0 radical (unpaired) electrons. The number of hydrogen-bond donors (Lipinski definition) is 3. The summed E-state index contributed by atoms with van der Waals surface area (Å²) in [4.78, 5) is 12.4.